The highest BCUT2D eigenvalue weighted by Gasteiger charge is 2.32. The predicted octanol–water partition coefficient (Wildman–Crippen LogP) is 5.08. The van der Waals surface area contributed by atoms with E-state index in [1.807, 2.05) is 18.2 Å². The van der Waals surface area contributed by atoms with Crippen LogP contribution in [-0.4, -0.2) is 39.7 Å². The average Bonchev–Trinajstić information content (AvgIpc) is 2.95. The Balaban J connectivity index is 1.75. The first kappa shape index (κ1) is 19.4. The number of nitrogens with zero attached hydrogens (tertiary/aromatic N) is 3. The molecule has 4 rings (SSSR count). The molecule has 28 heavy (non-hydrogen) atoms. The highest BCUT2D eigenvalue weighted by atomic mass is 32.2. The van der Waals surface area contributed by atoms with Crippen LogP contribution in [0.3, 0.4) is 0 Å². The fourth-order valence-electron chi connectivity index (χ4n) is 3.75. The van der Waals surface area contributed by atoms with Crippen LogP contribution in [0.2, 0.25) is 0 Å². The van der Waals surface area contributed by atoms with Gasteiger partial charge in [0.2, 0.25) is 0 Å². The van der Waals surface area contributed by atoms with Crippen LogP contribution in [0.4, 0.5) is 5.82 Å². The van der Waals surface area contributed by atoms with Gasteiger partial charge in [0.25, 0.3) is 5.91 Å². The molecule has 0 radical (unpaired) electrons. The maximum atomic E-state index is 12.9. The standard InChI is InChI=1S/C22H25N3OS2/c1-15(2)14-25-21(26)19(28-22(25)27)13-17-12-16-8-4-5-9-18(16)23-20(17)24-10-6-3-7-11-24/h4-5,8-9,12-13,15H,3,6-7,10-11,14H2,1-2H3/b19-13-. The van der Waals surface area contributed by atoms with Gasteiger partial charge in [-0.3, -0.25) is 9.69 Å². The molecule has 0 bridgehead atoms. The number of piperidine rings is 1. The minimum atomic E-state index is 0.0152. The third-order valence-electron chi connectivity index (χ3n) is 5.10. The Kier molecular flexibility index (Phi) is 5.69. The summed E-state index contributed by atoms with van der Waals surface area (Å²) in [6.45, 7) is 6.89. The van der Waals surface area contributed by atoms with Gasteiger partial charge in [0, 0.05) is 30.6 Å². The summed E-state index contributed by atoms with van der Waals surface area (Å²) in [5.74, 6) is 1.38. The molecule has 0 saturated carbocycles. The number of fused-ring (bicyclic) bond motifs is 1. The monoisotopic (exact) mass is 411 g/mol. The molecule has 4 nitrogen and oxygen atoms in total. The van der Waals surface area contributed by atoms with Gasteiger partial charge in [-0.2, -0.15) is 0 Å². The number of hydrogen-bond donors (Lipinski definition) is 0. The number of aromatic nitrogens is 1. The molecule has 3 heterocycles. The van der Waals surface area contributed by atoms with E-state index in [4.69, 9.17) is 17.2 Å². The number of pyridine rings is 1. The van der Waals surface area contributed by atoms with Crippen molar-refractivity contribution in [2.75, 3.05) is 24.5 Å². The predicted molar refractivity (Wildman–Crippen MR) is 123 cm³/mol. The largest absolute Gasteiger partial charge is 0.356 e. The van der Waals surface area contributed by atoms with Crippen molar-refractivity contribution >= 4 is 57.0 Å². The van der Waals surface area contributed by atoms with Gasteiger partial charge in [-0.15, -0.1) is 0 Å². The van der Waals surface area contributed by atoms with Gasteiger partial charge in [-0.25, -0.2) is 4.98 Å². The van der Waals surface area contributed by atoms with Gasteiger partial charge in [0.15, 0.2) is 0 Å². The summed E-state index contributed by atoms with van der Waals surface area (Å²) < 4.78 is 0.651. The maximum absolute atomic E-state index is 12.9. The molecule has 2 aromatic rings. The van der Waals surface area contributed by atoms with Crippen molar-refractivity contribution in [3.63, 3.8) is 0 Å². The molecule has 1 amide bonds. The van der Waals surface area contributed by atoms with Crippen LogP contribution < -0.4 is 4.90 Å². The van der Waals surface area contributed by atoms with Gasteiger partial charge in [-0.05, 0) is 43.4 Å². The van der Waals surface area contributed by atoms with Crippen LogP contribution >= 0.6 is 24.0 Å². The van der Waals surface area contributed by atoms with E-state index in [-0.39, 0.29) is 5.91 Å². The Bertz CT molecular complexity index is 948. The van der Waals surface area contributed by atoms with Crippen molar-refractivity contribution < 1.29 is 4.79 Å². The summed E-state index contributed by atoms with van der Waals surface area (Å²) in [6.07, 6.45) is 5.63. The number of hydrogen-bond acceptors (Lipinski definition) is 5. The number of rotatable bonds is 4. The van der Waals surface area contributed by atoms with Crippen LogP contribution in [0.5, 0.6) is 0 Å². The summed E-state index contributed by atoms with van der Waals surface area (Å²) in [5, 5.41) is 1.09. The third-order valence-corrected chi connectivity index (χ3v) is 6.47. The zero-order valence-corrected chi connectivity index (χ0v) is 18.0. The summed E-state index contributed by atoms with van der Waals surface area (Å²) in [5.41, 5.74) is 2.00. The Hall–Kier alpha value is -1.92. The minimum Gasteiger partial charge on any atom is -0.356 e. The summed E-state index contributed by atoms with van der Waals surface area (Å²) >= 11 is 6.87. The number of thioether (sulfide) groups is 1. The van der Waals surface area contributed by atoms with E-state index in [1.54, 1.807) is 4.90 Å². The molecular formula is C22H25N3OS2. The molecule has 2 aliphatic heterocycles. The van der Waals surface area contributed by atoms with Gasteiger partial charge in [0.1, 0.15) is 10.1 Å². The summed E-state index contributed by atoms with van der Waals surface area (Å²) in [6, 6.07) is 10.3. The first-order valence-corrected chi connectivity index (χ1v) is 11.2. The number of anilines is 1. The smallest absolute Gasteiger partial charge is 0.266 e. The van der Waals surface area contributed by atoms with Crippen LogP contribution in [0.1, 0.15) is 38.7 Å². The number of thiocarbonyl (C=S) groups is 1. The highest BCUT2D eigenvalue weighted by molar-refractivity contribution is 8.26. The van der Waals surface area contributed by atoms with E-state index in [0.717, 1.165) is 35.4 Å². The molecule has 0 aliphatic carbocycles. The maximum Gasteiger partial charge on any atom is 0.266 e. The van der Waals surface area contributed by atoms with Crippen LogP contribution in [-0.2, 0) is 4.79 Å². The second-order valence-electron chi connectivity index (χ2n) is 7.83. The number of carbonyl (C=O) groups is 1. The second-order valence-corrected chi connectivity index (χ2v) is 9.50. The first-order chi connectivity index (χ1) is 13.5. The molecule has 1 aromatic carbocycles. The SMILES string of the molecule is CC(C)CN1C(=O)/C(=C/c2cc3ccccc3nc2N2CCCCC2)SC1=S. The molecule has 0 atom stereocenters. The Morgan fingerprint density at radius 1 is 1.21 bits per heavy atom. The van der Waals surface area contributed by atoms with E-state index in [1.165, 1.54) is 31.0 Å². The third kappa shape index (κ3) is 3.94. The van der Waals surface area contributed by atoms with E-state index < -0.39 is 0 Å². The lowest BCUT2D eigenvalue weighted by molar-refractivity contribution is -0.122. The molecule has 2 fully saturated rings. The molecular weight excluding hydrogens is 386 g/mol. The van der Waals surface area contributed by atoms with Crippen LogP contribution in [0.15, 0.2) is 35.2 Å². The van der Waals surface area contributed by atoms with E-state index >= 15 is 0 Å². The van der Waals surface area contributed by atoms with Gasteiger partial charge in [0.05, 0.1) is 10.4 Å². The second kappa shape index (κ2) is 8.21. The first-order valence-electron chi connectivity index (χ1n) is 9.93. The fraction of sp³-hybridized carbons (Fsp3) is 0.409. The lowest BCUT2D eigenvalue weighted by Gasteiger charge is -2.29. The lowest BCUT2D eigenvalue weighted by atomic mass is 10.1. The van der Waals surface area contributed by atoms with Crippen molar-refractivity contribution in [1.82, 2.24) is 9.88 Å². The van der Waals surface area contributed by atoms with Crippen LogP contribution in [0.25, 0.3) is 17.0 Å². The zero-order chi connectivity index (χ0) is 19.7. The van der Waals surface area contributed by atoms with Crippen molar-refractivity contribution in [2.24, 2.45) is 5.92 Å². The van der Waals surface area contributed by atoms with Crippen LogP contribution in [0, 0.1) is 5.92 Å². The molecule has 1 aromatic heterocycles. The van der Waals surface area contributed by atoms with E-state index in [9.17, 15) is 4.79 Å². The van der Waals surface area contributed by atoms with Crippen molar-refractivity contribution in [2.45, 2.75) is 33.1 Å². The summed E-state index contributed by atoms with van der Waals surface area (Å²) in [7, 11) is 0. The molecule has 0 N–H and O–H groups in total. The fourth-order valence-corrected chi connectivity index (χ4v) is 5.02. The molecule has 6 heteroatoms. The molecule has 2 aliphatic rings. The summed E-state index contributed by atoms with van der Waals surface area (Å²) in [4.78, 5) is 22.7. The van der Waals surface area contributed by atoms with Gasteiger partial charge in [-0.1, -0.05) is 56.0 Å². The number of benzene rings is 1. The van der Waals surface area contributed by atoms with E-state index in [0.29, 0.717) is 21.7 Å². The van der Waals surface area contributed by atoms with E-state index in [2.05, 4.69) is 36.9 Å². The van der Waals surface area contributed by atoms with Crippen molar-refractivity contribution in [3.8, 4) is 0 Å². The molecule has 0 unspecified atom stereocenters. The quantitative estimate of drug-likeness (QED) is 0.518. The van der Waals surface area contributed by atoms with Gasteiger partial charge >= 0.3 is 0 Å². The Labute approximate surface area is 176 Å². The van der Waals surface area contributed by atoms with Crippen molar-refractivity contribution in [1.29, 1.82) is 0 Å². The van der Waals surface area contributed by atoms with Gasteiger partial charge < -0.3 is 4.90 Å². The zero-order valence-electron chi connectivity index (χ0n) is 16.4. The lowest BCUT2D eigenvalue weighted by Crippen LogP contribution is -2.31. The normalized spacial score (nSPS) is 19.5. The highest BCUT2D eigenvalue weighted by Crippen LogP contribution is 2.35. The number of para-hydroxylation sites is 1. The topological polar surface area (TPSA) is 36.4 Å². The minimum absolute atomic E-state index is 0.0152. The number of carbonyl (C=O) groups excluding carboxylic acids is 1. The Morgan fingerprint density at radius 2 is 1.96 bits per heavy atom. The van der Waals surface area contributed by atoms with Crippen molar-refractivity contribution in [3.05, 3.63) is 40.8 Å². The molecule has 2 saturated heterocycles. The molecule has 146 valence electrons. The Morgan fingerprint density at radius 3 is 2.71 bits per heavy atom. The average molecular weight is 412 g/mol. The molecule has 0 spiro atoms. The number of amides is 1.